The minimum Gasteiger partial charge on any atom is -0.351 e. The maximum Gasteiger partial charge on any atom is 0.237 e. The summed E-state index contributed by atoms with van der Waals surface area (Å²) in [4.78, 5) is 13.7. The summed E-state index contributed by atoms with van der Waals surface area (Å²) in [7, 11) is 4.06. The van der Waals surface area contributed by atoms with Gasteiger partial charge in [-0.2, -0.15) is 0 Å². The van der Waals surface area contributed by atoms with E-state index in [-0.39, 0.29) is 5.91 Å². The molecule has 1 aromatic rings. The molecule has 1 rings (SSSR count). The molecule has 0 unspecified atom stereocenters. The molecule has 4 heteroatoms. The Morgan fingerprint density at radius 3 is 2.50 bits per heavy atom. The number of carbonyl (C=O) groups excluding carboxylic acids is 1. The number of benzene rings is 1. The van der Waals surface area contributed by atoms with Crippen molar-refractivity contribution >= 4 is 5.91 Å². The third-order valence-corrected chi connectivity index (χ3v) is 2.83. The average Bonchev–Trinajstić information content (AvgIpc) is 2.35. The standard InChI is InChI=1S/C14H23N3O/c1-4-13(15)14(18)16-9-11-7-5-6-8-12(11)10-17(2)3/h5-8,13H,4,9-10,15H2,1-3H3,(H,16,18)/t13-/m1/s1. The highest BCUT2D eigenvalue weighted by Gasteiger charge is 2.11. The lowest BCUT2D eigenvalue weighted by atomic mass is 10.1. The van der Waals surface area contributed by atoms with Crippen LogP contribution in [0.1, 0.15) is 24.5 Å². The zero-order valence-corrected chi connectivity index (χ0v) is 11.4. The number of nitrogens with two attached hydrogens (primary N) is 1. The predicted octanol–water partition coefficient (Wildman–Crippen LogP) is 1.10. The van der Waals surface area contributed by atoms with Gasteiger partial charge in [0.1, 0.15) is 0 Å². The molecule has 0 saturated carbocycles. The summed E-state index contributed by atoms with van der Waals surface area (Å²) in [6, 6.07) is 7.71. The number of rotatable bonds is 6. The lowest BCUT2D eigenvalue weighted by molar-refractivity contribution is -0.122. The topological polar surface area (TPSA) is 58.4 Å². The summed E-state index contributed by atoms with van der Waals surface area (Å²) in [5.41, 5.74) is 8.05. The third-order valence-electron chi connectivity index (χ3n) is 2.83. The second-order valence-electron chi connectivity index (χ2n) is 4.74. The quantitative estimate of drug-likeness (QED) is 0.794. The fourth-order valence-electron chi connectivity index (χ4n) is 1.72. The molecule has 4 nitrogen and oxygen atoms in total. The van der Waals surface area contributed by atoms with E-state index in [1.54, 1.807) is 0 Å². The van der Waals surface area contributed by atoms with Crippen molar-refractivity contribution < 1.29 is 4.79 Å². The van der Waals surface area contributed by atoms with Crippen molar-refractivity contribution in [3.63, 3.8) is 0 Å². The van der Waals surface area contributed by atoms with Gasteiger partial charge in [0.05, 0.1) is 6.04 Å². The fourth-order valence-corrected chi connectivity index (χ4v) is 1.72. The molecule has 100 valence electrons. The van der Waals surface area contributed by atoms with Crippen LogP contribution in [0.15, 0.2) is 24.3 Å². The van der Waals surface area contributed by atoms with E-state index < -0.39 is 6.04 Å². The van der Waals surface area contributed by atoms with Crippen LogP contribution >= 0.6 is 0 Å². The summed E-state index contributed by atoms with van der Waals surface area (Å²) < 4.78 is 0. The maximum atomic E-state index is 11.6. The number of carbonyl (C=O) groups is 1. The highest BCUT2D eigenvalue weighted by atomic mass is 16.2. The molecule has 0 saturated heterocycles. The summed E-state index contributed by atoms with van der Waals surface area (Å²) in [5, 5.41) is 2.88. The number of nitrogens with one attached hydrogen (secondary N) is 1. The van der Waals surface area contributed by atoms with Gasteiger partial charge in [-0.25, -0.2) is 0 Å². The first kappa shape index (κ1) is 14.7. The van der Waals surface area contributed by atoms with Gasteiger partial charge in [0.15, 0.2) is 0 Å². The van der Waals surface area contributed by atoms with Crippen LogP contribution < -0.4 is 11.1 Å². The van der Waals surface area contributed by atoms with Crippen LogP contribution in [0.4, 0.5) is 0 Å². The minimum atomic E-state index is -0.411. The molecule has 1 amide bonds. The maximum absolute atomic E-state index is 11.6. The second kappa shape index (κ2) is 7.13. The first-order chi connectivity index (χ1) is 8.54. The molecule has 1 atom stereocenters. The van der Waals surface area contributed by atoms with E-state index in [0.717, 1.165) is 12.1 Å². The molecule has 18 heavy (non-hydrogen) atoms. The summed E-state index contributed by atoms with van der Waals surface area (Å²) in [5.74, 6) is -0.0860. The summed E-state index contributed by atoms with van der Waals surface area (Å²) >= 11 is 0. The van der Waals surface area contributed by atoms with Crippen molar-refractivity contribution in [3.8, 4) is 0 Å². The molecule has 0 spiro atoms. The van der Waals surface area contributed by atoms with Crippen LogP contribution in [0, 0.1) is 0 Å². The van der Waals surface area contributed by atoms with Gasteiger partial charge in [-0.05, 0) is 31.6 Å². The molecular weight excluding hydrogens is 226 g/mol. The van der Waals surface area contributed by atoms with Crippen LogP contribution in [0.3, 0.4) is 0 Å². The first-order valence-corrected chi connectivity index (χ1v) is 6.29. The van der Waals surface area contributed by atoms with E-state index >= 15 is 0 Å². The summed E-state index contributed by atoms with van der Waals surface area (Å²) in [6.45, 7) is 3.31. The van der Waals surface area contributed by atoms with Crippen molar-refractivity contribution in [1.82, 2.24) is 10.2 Å². The molecule has 1 aromatic carbocycles. The molecule has 0 aliphatic rings. The molecule has 0 fully saturated rings. The van der Waals surface area contributed by atoms with Crippen LogP contribution in [0.2, 0.25) is 0 Å². The monoisotopic (exact) mass is 249 g/mol. The van der Waals surface area contributed by atoms with Gasteiger partial charge >= 0.3 is 0 Å². The Bertz CT molecular complexity index is 390. The number of hydrogen-bond donors (Lipinski definition) is 2. The normalized spacial score (nSPS) is 12.5. The van der Waals surface area contributed by atoms with E-state index in [1.165, 1.54) is 5.56 Å². The molecule has 0 bridgehead atoms. The zero-order valence-electron chi connectivity index (χ0n) is 11.4. The Hall–Kier alpha value is -1.39. The lowest BCUT2D eigenvalue weighted by Crippen LogP contribution is -2.39. The molecule has 0 aromatic heterocycles. The van der Waals surface area contributed by atoms with Gasteiger partial charge in [0.2, 0.25) is 5.91 Å². The van der Waals surface area contributed by atoms with Crippen molar-refractivity contribution in [1.29, 1.82) is 0 Å². The highest BCUT2D eigenvalue weighted by molar-refractivity contribution is 5.81. The van der Waals surface area contributed by atoms with Gasteiger partial charge in [-0.15, -0.1) is 0 Å². The minimum absolute atomic E-state index is 0.0860. The third kappa shape index (κ3) is 4.47. The van der Waals surface area contributed by atoms with Crippen LogP contribution in [-0.2, 0) is 17.9 Å². The van der Waals surface area contributed by atoms with Crippen molar-refractivity contribution in [2.45, 2.75) is 32.5 Å². The molecule has 0 heterocycles. The van der Waals surface area contributed by atoms with Crippen LogP contribution in [0.5, 0.6) is 0 Å². The zero-order chi connectivity index (χ0) is 13.5. The largest absolute Gasteiger partial charge is 0.351 e. The molecular formula is C14H23N3O. The van der Waals surface area contributed by atoms with Crippen LogP contribution in [-0.4, -0.2) is 30.9 Å². The Morgan fingerprint density at radius 1 is 1.33 bits per heavy atom. The fraction of sp³-hybridized carbons (Fsp3) is 0.500. The van der Waals surface area contributed by atoms with Gasteiger partial charge < -0.3 is 16.0 Å². The van der Waals surface area contributed by atoms with Crippen molar-refractivity contribution in [2.75, 3.05) is 14.1 Å². The van der Waals surface area contributed by atoms with E-state index in [9.17, 15) is 4.79 Å². The first-order valence-electron chi connectivity index (χ1n) is 6.29. The van der Waals surface area contributed by atoms with E-state index in [4.69, 9.17) is 5.73 Å². The Labute approximate surface area is 109 Å². The lowest BCUT2D eigenvalue weighted by Gasteiger charge is -2.15. The smallest absolute Gasteiger partial charge is 0.237 e. The number of nitrogens with zero attached hydrogens (tertiary/aromatic N) is 1. The van der Waals surface area contributed by atoms with Crippen LogP contribution in [0.25, 0.3) is 0 Å². The molecule has 0 radical (unpaired) electrons. The number of hydrogen-bond acceptors (Lipinski definition) is 3. The predicted molar refractivity (Wildman–Crippen MR) is 73.9 cm³/mol. The highest BCUT2D eigenvalue weighted by Crippen LogP contribution is 2.10. The Kier molecular flexibility index (Phi) is 5.82. The van der Waals surface area contributed by atoms with Gasteiger partial charge in [0, 0.05) is 13.1 Å². The van der Waals surface area contributed by atoms with E-state index in [0.29, 0.717) is 13.0 Å². The van der Waals surface area contributed by atoms with Gasteiger partial charge in [-0.3, -0.25) is 4.79 Å². The second-order valence-corrected chi connectivity index (χ2v) is 4.74. The SMILES string of the molecule is CC[C@@H](N)C(=O)NCc1ccccc1CN(C)C. The molecule has 3 N–H and O–H groups in total. The van der Waals surface area contributed by atoms with Gasteiger partial charge in [0.25, 0.3) is 0 Å². The summed E-state index contributed by atoms with van der Waals surface area (Å²) in [6.07, 6.45) is 0.658. The Morgan fingerprint density at radius 2 is 1.94 bits per heavy atom. The molecule has 0 aliphatic carbocycles. The van der Waals surface area contributed by atoms with Crippen molar-refractivity contribution in [2.24, 2.45) is 5.73 Å². The molecule has 0 aliphatic heterocycles. The van der Waals surface area contributed by atoms with Crippen molar-refractivity contribution in [3.05, 3.63) is 35.4 Å². The number of amides is 1. The van der Waals surface area contributed by atoms with Gasteiger partial charge in [-0.1, -0.05) is 31.2 Å². The van der Waals surface area contributed by atoms with E-state index in [2.05, 4.69) is 16.3 Å². The Balaban J connectivity index is 2.64. The van der Waals surface area contributed by atoms with E-state index in [1.807, 2.05) is 39.2 Å². The average molecular weight is 249 g/mol.